The molecule has 0 fully saturated rings. The molecule has 25 heavy (non-hydrogen) atoms. The van der Waals surface area contributed by atoms with E-state index in [9.17, 15) is 14.9 Å². The third kappa shape index (κ3) is 3.81. The molecule has 0 aliphatic heterocycles. The molecule has 0 saturated carbocycles. The molecule has 0 bridgehead atoms. The summed E-state index contributed by atoms with van der Waals surface area (Å²) in [5, 5.41) is 17.7. The first-order valence-corrected chi connectivity index (χ1v) is 7.44. The number of nitrogens with zero attached hydrogens (tertiary/aromatic N) is 3. The van der Waals surface area contributed by atoms with E-state index in [0.717, 1.165) is 11.6 Å². The largest absolute Gasteiger partial charge is 0.398 e. The highest BCUT2D eigenvalue weighted by Gasteiger charge is 2.15. The number of benzene rings is 2. The highest BCUT2D eigenvalue weighted by Crippen LogP contribution is 2.21. The number of hydrogen-bond acceptors (Lipinski definition) is 5. The summed E-state index contributed by atoms with van der Waals surface area (Å²) in [6.07, 6.45) is 3.57. The van der Waals surface area contributed by atoms with Crippen LogP contribution in [-0.4, -0.2) is 20.6 Å². The van der Waals surface area contributed by atoms with Crippen molar-refractivity contribution in [3.8, 4) is 0 Å². The van der Waals surface area contributed by atoms with E-state index < -0.39 is 10.8 Å². The van der Waals surface area contributed by atoms with Gasteiger partial charge in [0.1, 0.15) is 0 Å². The van der Waals surface area contributed by atoms with Crippen LogP contribution in [0.2, 0.25) is 0 Å². The van der Waals surface area contributed by atoms with Crippen LogP contribution in [0.3, 0.4) is 0 Å². The molecule has 1 aromatic heterocycles. The first-order valence-electron chi connectivity index (χ1n) is 7.44. The van der Waals surface area contributed by atoms with E-state index in [1.165, 1.54) is 12.1 Å². The normalized spacial score (nSPS) is 10.4. The number of nitrogens with two attached hydrogens (primary N) is 1. The Labute approximate surface area is 143 Å². The van der Waals surface area contributed by atoms with Gasteiger partial charge >= 0.3 is 0 Å². The van der Waals surface area contributed by atoms with Gasteiger partial charge in [0, 0.05) is 35.9 Å². The third-order valence-corrected chi connectivity index (χ3v) is 3.61. The minimum atomic E-state index is -0.569. The van der Waals surface area contributed by atoms with E-state index >= 15 is 0 Å². The molecule has 0 unspecified atom stereocenters. The topological polar surface area (TPSA) is 116 Å². The predicted molar refractivity (Wildman–Crippen MR) is 93.2 cm³/mol. The van der Waals surface area contributed by atoms with Crippen molar-refractivity contribution in [3.63, 3.8) is 0 Å². The second-order valence-electron chi connectivity index (χ2n) is 5.38. The number of nitrogens with one attached hydrogen (secondary N) is 1. The van der Waals surface area contributed by atoms with Crippen LogP contribution < -0.4 is 11.1 Å². The molecule has 2 aromatic carbocycles. The maximum atomic E-state index is 12.3. The van der Waals surface area contributed by atoms with Crippen LogP contribution in [0.15, 0.2) is 60.9 Å². The van der Waals surface area contributed by atoms with Crippen LogP contribution in [0.4, 0.5) is 17.1 Å². The number of non-ortho nitro benzene ring substituents is 1. The fourth-order valence-electron chi connectivity index (χ4n) is 2.33. The molecule has 126 valence electrons. The number of nitrogen functional groups attached to an aromatic ring is 1. The van der Waals surface area contributed by atoms with Gasteiger partial charge in [-0.15, -0.1) is 0 Å². The first kappa shape index (κ1) is 16.2. The summed E-state index contributed by atoms with van der Waals surface area (Å²) in [6, 6.07) is 12.9. The van der Waals surface area contributed by atoms with Crippen LogP contribution in [0, 0.1) is 10.1 Å². The quantitative estimate of drug-likeness (QED) is 0.422. The number of hydrogen-bond donors (Lipinski definition) is 2. The minimum absolute atomic E-state index is 0.0646. The molecule has 0 spiro atoms. The lowest BCUT2D eigenvalue weighted by molar-refractivity contribution is -0.384. The van der Waals surface area contributed by atoms with E-state index in [1.54, 1.807) is 23.0 Å². The molecule has 3 aromatic rings. The summed E-state index contributed by atoms with van der Waals surface area (Å²) in [7, 11) is 0. The number of amides is 1. The summed E-state index contributed by atoms with van der Waals surface area (Å²) in [5.41, 5.74) is 7.40. The fraction of sp³-hybridized carbons (Fsp3) is 0.0588. The van der Waals surface area contributed by atoms with Gasteiger partial charge in [0.2, 0.25) is 0 Å². The molecular weight excluding hydrogens is 322 g/mol. The first-order chi connectivity index (χ1) is 12.0. The van der Waals surface area contributed by atoms with Crippen molar-refractivity contribution in [1.82, 2.24) is 9.78 Å². The smallest absolute Gasteiger partial charge is 0.270 e. The molecule has 0 aliphatic rings. The number of carbonyl (C=O) groups is 1. The number of carbonyl (C=O) groups excluding carboxylic acids is 1. The van der Waals surface area contributed by atoms with Gasteiger partial charge in [-0.05, 0) is 29.8 Å². The second kappa shape index (κ2) is 6.83. The van der Waals surface area contributed by atoms with Crippen LogP contribution in [0.1, 0.15) is 15.9 Å². The standard InChI is InChI=1S/C17H15N5O3/c18-16-7-6-14(22(24)25)10-15(16)17(23)20-13-4-2-12(3-5-13)11-21-9-1-8-19-21/h1-10H,11,18H2,(H,20,23). The average Bonchev–Trinajstić information content (AvgIpc) is 3.09. The van der Waals surface area contributed by atoms with E-state index in [-0.39, 0.29) is 16.9 Å². The lowest BCUT2D eigenvalue weighted by Crippen LogP contribution is -2.14. The number of aromatic nitrogens is 2. The molecule has 0 atom stereocenters. The van der Waals surface area contributed by atoms with Crippen molar-refractivity contribution in [2.45, 2.75) is 6.54 Å². The van der Waals surface area contributed by atoms with Crippen molar-refractivity contribution in [2.75, 3.05) is 11.1 Å². The minimum Gasteiger partial charge on any atom is -0.398 e. The zero-order valence-electron chi connectivity index (χ0n) is 13.1. The number of nitro groups is 1. The lowest BCUT2D eigenvalue weighted by atomic mass is 10.1. The van der Waals surface area contributed by atoms with Crippen LogP contribution in [0.5, 0.6) is 0 Å². The lowest BCUT2D eigenvalue weighted by Gasteiger charge is -2.08. The molecule has 8 heteroatoms. The van der Waals surface area contributed by atoms with Crippen molar-refractivity contribution < 1.29 is 9.72 Å². The molecule has 3 N–H and O–H groups in total. The summed E-state index contributed by atoms with van der Waals surface area (Å²) < 4.78 is 1.79. The average molecular weight is 337 g/mol. The number of nitro benzene ring substituents is 1. The van der Waals surface area contributed by atoms with Crippen LogP contribution >= 0.6 is 0 Å². The van der Waals surface area contributed by atoms with Gasteiger partial charge in [-0.3, -0.25) is 19.6 Å². The highest BCUT2D eigenvalue weighted by atomic mass is 16.6. The summed E-state index contributed by atoms with van der Waals surface area (Å²) >= 11 is 0. The summed E-state index contributed by atoms with van der Waals surface area (Å²) in [5.74, 6) is -0.499. The Kier molecular flexibility index (Phi) is 4.42. The van der Waals surface area contributed by atoms with E-state index in [0.29, 0.717) is 12.2 Å². The molecule has 3 rings (SSSR count). The van der Waals surface area contributed by atoms with Gasteiger partial charge in [-0.2, -0.15) is 5.10 Å². The summed E-state index contributed by atoms with van der Waals surface area (Å²) in [4.78, 5) is 22.6. The van der Waals surface area contributed by atoms with Crippen molar-refractivity contribution in [3.05, 3.63) is 82.2 Å². The Bertz CT molecular complexity index is 905. The zero-order valence-corrected chi connectivity index (χ0v) is 13.1. The Balaban J connectivity index is 1.72. The predicted octanol–water partition coefficient (Wildman–Crippen LogP) is 2.67. The molecular formula is C17H15N5O3. The fourth-order valence-corrected chi connectivity index (χ4v) is 2.33. The van der Waals surface area contributed by atoms with E-state index in [2.05, 4.69) is 10.4 Å². The summed E-state index contributed by atoms with van der Waals surface area (Å²) in [6.45, 7) is 0.624. The Hall–Kier alpha value is -3.68. The van der Waals surface area contributed by atoms with Gasteiger partial charge in [-0.25, -0.2) is 0 Å². The van der Waals surface area contributed by atoms with Gasteiger partial charge in [0.05, 0.1) is 17.0 Å². The van der Waals surface area contributed by atoms with Gasteiger partial charge in [0.25, 0.3) is 11.6 Å². The van der Waals surface area contributed by atoms with Gasteiger partial charge < -0.3 is 11.1 Å². The van der Waals surface area contributed by atoms with Gasteiger partial charge in [0.15, 0.2) is 0 Å². The van der Waals surface area contributed by atoms with Crippen molar-refractivity contribution in [2.24, 2.45) is 0 Å². The Morgan fingerprint density at radius 3 is 2.64 bits per heavy atom. The number of rotatable bonds is 5. The van der Waals surface area contributed by atoms with E-state index in [4.69, 9.17) is 5.73 Å². The van der Waals surface area contributed by atoms with Gasteiger partial charge in [-0.1, -0.05) is 12.1 Å². The van der Waals surface area contributed by atoms with Crippen LogP contribution in [0.25, 0.3) is 0 Å². The SMILES string of the molecule is Nc1ccc([N+](=O)[O-])cc1C(=O)Nc1ccc(Cn2cccn2)cc1. The van der Waals surface area contributed by atoms with Crippen LogP contribution in [-0.2, 0) is 6.54 Å². The number of anilines is 2. The van der Waals surface area contributed by atoms with Crippen molar-refractivity contribution >= 4 is 23.0 Å². The molecule has 0 aliphatic carbocycles. The second-order valence-corrected chi connectivity index (χ2v) is 5.38. The zero-order chi connectivity index (χ0) is 17.8. The molecule has 8 nitrogen and oxygen atoms in total. The molecule has 1 amide bonds. The highest BCUT2D eigenvalue weighted by molar-refractivity contribution is 6.08. The maximum absolute atomic E-state index is 12.3. The monoisotopic (exact) mass is 337 g/mol. The third-order valence-electron chi connectivity index (χ3n) is 3.61. The van der Waals surface area contributed by atoms with Crippen molar-refractivity contribution in [1.29, 1.82) is 0 Å². The maximum Gasteiger partial charge on any atom is 0.270 e. The molecule has 0 radical (unpaired) electrons. The Morgan fingerprint density at radius 1 is 1.24 bits per heavy atom. The van der Waals surface area contributed by atoms with E-state index in [1.807, 2.05) is 24.4 Å². The molecule has 1 heterocycles. The molecule has 0 saturated heterocycles. The Morgan fingerprint density at radius 2 is 2.00 bits per heavy atom.